The minimum absolute atomic E-state index is 0.0125. The van der Waals surface area contributed by atoms with Gasteiger partial charge in [-0.1, -0.05) is 41.4 Å². The monoisotopic (exact) mass is 759 g/mol. The summed E-state index contributed by atoms with van der Waals surface area (Å²) in [7, 11) is 0. The van der Waals surface area contributed by atoms with Gasteiger partial charge in [-0.25, -0.2) is 9.48 Å². The number of benzene rings is 2. The minimum Gasteiger partial charge on any atom is -0.351 e. The Morgan fingerprint density at radius 1 is 0.736 bits per heavy atom. The fraction of sp³-hybridized carbons (Fsp3) is 0.368. The van der Waals surface area contributed by atoms with Crippen LogP contribution in [0.5, 0.6) is 0 Å². The third kappa shape index (κ3) is 9.79. The lowest BCUT2D eigenvalue weighted by Gasteiger charge is -2.16. The molecule has 4 heterocycles. The van der Waals surface area contributed by atoms with E-state index in [1.165, 1.54) is 48.8 Å². The predicted molar refractivity (Wildman–Crippen MR) is 208 cm³/mol. The molecular weight excluding hydrogens is 717 g/mol. The van der Waals surface area contributed by atoms with Crippen LogP contribution in [0, 0.1) is 0 Å². The highest BCUT2D eigenvalue weighted by Gasteiger charge is 2.19. The topological polar surface area (TPSA) is 154 Å². The summed E-state index contributed by atoms with van der Waals surface area (Å²) in [4.78, 5) is 61.7. The van der Waals surface area contributed by atoms with E-state index >= 15 is 0 Å². The van der Waals surface area contributed by atoms with Gasteiger partial charge in [0.2, 0.25) is 0 Å². The lowest BCUT2D eigenvalue weighted by atomic mass is 9.97. The first kappa shape index (κ1) is 37.9. The zero-order valence-corrected chi connectivity index (χ0v) is 31.1. The van der Waals surface area contributed by atoms with Crippen molar-refractivity contribution in [3.05, 3.63) is 92.5 Å². The Morgan fingerprint density at radius 3 is 1.87 bits per heavy atom. The third-order valence-electron chi connectivity index (χ3n) is 9.39. The molecule has 53 heavy (non-hydrogen) atoms. The first-order chi connectivity index (χ1) is 25.7. The van der Waals surface area contributed by atoms with Crippen LogP contribution < -0.4 is 26.8 Å². The van der Waals surface area contributed by atoms with E-state index in [-0.39, 0.29) is 39.8 Å². The first-order valence-corrected chi connectivity index (χ1v) is 18.7. The molecule has 6 rings (SSSR count). The molecule has 2 aromatic heterocycles. The van der Waals surface area contributed by atoms with Crippen LogP contribution in [0.4, 0.5) is 16.2 Å². The number of hydrogen-bond acceptors (Lipinski definition) is 8. The standard InChI is InChI=1S/C38H43Cl2N9O4/c1-2-49-37(52)33(44-38(53)45-34-30(39)23-41-24-31(34)40)22-32(46-49)26-9-7-8-25(18-26)27-19-28(35(50)42-10-16-47-12-3-4-13-47)21-29(20-27)36(51)43-11-17-48-14-5-6-15-48/h7-9,18-24H,2-6,10-17H2,1H3,(H,42,50)(H,43,51)(H2,41,44,45,53). The highest BCUT2D eigenvalue weighted by molar-refractivity contribution is 6.39. The Hall–Kier alpha value is -4.82. The number of rotatable bonds is 13. The van der Waals surface area contributed by atoms with Gasteiger partial charge < -0.3 is 31.1 Å². The Balaban J connectivity index is 1.27. The van der Waals surface area contributed by atoms with Gasteiger partial charge in [-0.3, -0.25) is 19.4 Å². The summed E-state index contributed by atoms with van der Waals surface area (Å²) in [5, 5.41) is 16.0. The van der Waals surface area contributed by atoms with Gasteiger partial charge in [-0.05, 0) is 100 Å². The number of aromatic nitrogens is 3. The molecular formula is C38H43Cl2N9O4. The van der Waals surface area contributed by atoms with Gasteiger partial charge >= 0.3 is 6.03 Å². The van der Waals surface area contributed by atoms with Crippen molar-refractivity contribution in [1.29, 1.82) is 0 Å². The number of carbonyl (C=O) groups excluding carboxylic acids is 3. The molecule has 0 bridgehead atoms. The summed E-state index contributed by atoms with van der Waals surface area (Å²) in [6, 6.07) is 13.4. The normalized spacial score (nSPS) is 14.6. The van der Waals surface area contributed by atoms with Gasteiger partial charge in [0.05, 0.1) is 21.4 Å². The fourth-order valence-electron chi connectivity index (χ4n) is 6.57. The second kappa shape index (κ2) is 17.8. The molecule has 2 fully saturated rings. The molecule has 2 aromatic carbocycles. The van der Waals surface area contributed by atoms with Crippen molar-refractivity contribution in [2.24, 2.45) is 0 Å². The number of urea groups is 1. The maximum atomic E-state index is 13.5. The molecule has 2 saturated heterocycles. The summed E-state index contributed by atoms with van der Waals surface area (Å²) in [5.74, 6) is -0.512. The molecule has 4 aromatic rings. The number of halogens is 2. The molecule has 4 amide bonds. The van der Waals surface area contributed by atoms with Crippen molar-refractivity contribution in [3.8, 4) is 22.4 Å². The molecule has 0 saturated carbocycles. The number of pyridine rings is 1. The van der Waals surface area contributed by atoms with E-state index in [0.717, 1.165) is 44.8 Å². The quantitative estimate of drug-likeness (QED) is 0.138. The van der Waals surface area contributed by atoms with Crippen LogP contribution in [0.25, 0.3) is 22.4 Å². The molecule has 0 unspecified atom stereocenters. The van der Waals surface area contributed by atoms with Crippen LogP contribution in [-0.4, -0.2) is 94.8 Å². The Labute approximate surface area is 318 Å². The number of nitrogens with zero attached hydrogens (tertiary/aromatic N) is 5. The van der Waals surface area contributed by atoms with Gasteiger partial charge in [0.25, 0.3) is 17.4 Å². The highest BCUT2D eigenvalue weighted by Crippen LogP contribution is 2.30. The van der Waals surface area contributed by atoms with Crippen molar-refractivity contribution < 1.29 is 14.4 Å². The average Bonchev–Trinajstić information content (AvgIpc) is 3.89. The number of aryl methyl sites for hydroxylation is 1. The Morgan fingerprint density at radius 2 is 1.30 bits per heavy atom. The van der Waals surface area contributed by atoms with Gasteiger partial charge in [0.15, 0.2) is 0 Å². The highest BCUT2D eigenvalue weighted by atomic mass is 35.5. The smallest absolute Gasteiger partial charge is 0.323 e. The summed E-state index contributed by atoms with van der Waals surface area (Å²) in [6.07, 6.45) is 7.37. The molecule has 0 aliphatic carbocycles. The van der Waals surface area contributed by atoms with Crippen LogP contribution in [-0.2, 0) is 6.54 Å². The van der Waals surface area contributed by atoms with Crippen LogP contribution in [0.3, 0.4) is 0 Å². The zero-order chi connectivity index (χ0) is 37.3. The molecule has 15 heteroatoms. The van der Waals surface area contributed by atoms with Gasteiger partial charge in [0.1, 0.15) is 5.69 Å². The predicted octanol–water partition coefficient (Wildman–Crippen LogP) is 5.59. The number of likely N-dealkylation sites (tertiary alicyclic amines) is 2. The van der Waals surface area contributed by atoms with E-state index in [2.05, 4.69) is 41.1 Å². The number of hydrogen-bond donors (Lipinski definition) is 4. The third-order valence-corrected chi connectivity index (χ3v) is 9.96. The molecule has 4 N–H and O–H groups in total. The van der Waals surface area contributed by atoms with E-state index in [1.54, 1.807) is 25.1 Å². The van der Waals surface area contributed by atoms with E-state index in [9.17, 15) is 19.2 Å². The van der Waals surface area contributed by atoms with Crippen LogP contribution in [0.15, 0.2) is 65.7 Å². The summed E-state index contributed by atoms with van der Waals surface area (Å²) >= 11 is 12.3. The van der Waals surface area contributed by atoms with Gasteiger partial charge in [0, 0.05) is 61.8 Å². The van der Waals surface area contributed by atoms with Gasteiger partial charge in [-0.15, -0.1) is 0 Å². The second-order valence-corrected chi connectivity index (χ2v) is 13.9. The molecule has 0 radical (unpaired) electrons. The maximum Gasteiger partial charge on any atom is 0.323 e. The Kier molecular flexibility index (Phi) is 12.7. The van der Waals surface area contributed by atoms with Gasteiger partial charge in [-0.2, -0.15) is 5.10 Å². The largest absolute Gasteiger partial charge is 0.351 e. The lowest BCUT2D eigenvalue weighted by Crippen LogP contribution is -2.34. The lowest BCUT2D eigenvalue weighted by molar-refractivity contribution is 0.0949. The first-order valence-electron chi connectivity index (χ1n) is 17.9. The number of carbonyl (C=O) groups is 3. The molecule has 0 atom stereocenters. The molecule has 2 aliphatic rings. The van der Waals surface area contributed by atoms with Crippen molar-refractivity contribution in [2.75, 3.05) is 63.0 Å². The zero-order valence-electron chi connectivity index (χ0n) is 29.6. The SMILES string of the molecule is CCn1nc(-c2cccc(-c3cc(C(=O)NCCN4CCCC4)cc(C(=O)NCCN4CCCC4)c3)c2)cc(NC(=O)Nc2c(Cl)cncc2Cl)c1=O. The molecule has 13 nitrogen and oxygen atoms in total. The van der Waals surface area contributed by atoms with Crippen molar-refractivity contribution in [1.82, 2.24) is 35.2 Å². The van der Waals surface area contributed by atoms with E-state index in [4.69, 9.17) is 23.2 Å². The van der Waals surface area contributed by atoms with Crippen molar-refractivity contribution in [2.45, 2.75) is 39.2 Å². The average molecular weight is 761 g/mol. The van der Waals surface area contributed by atoms with Crippen LogP contribution in [0.1, 0.15) is 53.3 Å². The number of anilines is 2. The molecule has 278 valence electrons. The fourth-order valence-corrected chi connectivity index (χ4v) is 7.03. The van der Waals surface area contributed by atoms with E-state index < -0.39 is 11.6 Å². The van der Waals surface area contributed by atoms with E-state index in [1.807, 2.05) is 24.3 Å². The van der Waals surface area contributed by atoms with Crippen molar-refractivity contribution >= 4 is 52.4 Å². The second-order valence-electron chi connectivity index (χ2n) is 13.1. The molecule has 2 aliphatic heterocycles. The summed E-state index contributed by atoms with van der Waals surface area (Å²) in [6.45, 7) is 8.72. The van der Waals surface area contributed by atoms with Crippen LogP contribution >= 0.6 is 23.2 Å². The minimum atomic E-state index is -0.729. The maximum absolute atomic E-state index is 13.5. The Bertz CT molecular complexity index is 1950. The van der Waals surface area contributed by atoms with E-state index in [0.29, 0.717) is 41.0 Å². The van der Waals surface area contributed by atoms with Crippen molar-refractivity contribution in [3.63, 3.8) is 0 Å². The molecule has 0 spiro atoms. The summed E-state index contributed by atoms with van der Waals surface area (Å²) in [5.41, 5.74) is 2.85. The number of nitrogens with one attached hydrogen (secondary N) is 4. The van der Waals surface area contributed by atoms with Crippen LogP contribution in [0.2, 0.25) is 10.0 Å². The summed E-state index contributed by atoms with van der Waals surface area (Å²) < 4.78 is 1.25. The number of amides is 4.